The number of aryl methyl sites for hydroxylation is 3. The molecule has 1 N–H and O–H groups in total. The molecule has 3 rings (SSSR count). The van der Waals surface area contributed by atoms with E-state index >= 15 is 0 Å². The standard InChI is InChI=1S/C25H29ClFNO4S3/c1-5-10-28(14-16(3)33-19-8-6-18(15(2)11-19)7-9-24(29)30)35(31,32)25-17(4)20-12-22(27)21(26)13-23(20)34-25/h6,8,11-13,16H,5,7,9-10,14H2,1-4H3,(H,29,30)/t16-/m1/s1. The van der Waals surface area contributed by atoms with Crippen molar-refractivity contribution in [2.45, 2.75) is 61.3 Å². The molecule has 0 bridgehead atoms. The van der Waals surface area contributed by atoms with Crippen LogP contribution in [0, 0.1) is 19.7 Å². The summed E-state index contributed by atoms with van der Waals surface area (Å²) in [5.41, 5.74) is 2.55. The zero-order valence-corrected chi connectivity index (χ0v) is 23.3. The van der Waals surface area contributed by atoms with Crippen LogP contribution >= 0.6 is 34.7 Å². The number of rotatable bonds is 11. The van der Waals surface area contributed by atoms with Gasteiger partial charge in [0, 0.05) is 34.4 Å². The van der Waals surface area contributed by atoms with Crippen LogP contribution in [-0.4, -0.2) is 42.1 Å². The Labute approximate surface area is 219 Å². The Morgan fingerprint density at radius 2 is 1.97 bits per heavy atom. The van der Waals surface area contributed by atoms with E-state index in [4.69, 9.17) is 16.7 Å². The average molecular weight is 558 g/mol. The molecule has 0 aliphatic rings. The number of benzene rings is 2. The van der Waals surface area contributed by atoms with E-state index in [9.17, 15) is 17.6 Å². The molecule has 190 valence electrons. The van der Waals surface area contributed by atoms with Gasteiger partial charge in [-0.15, -0.1) is 23.1 Å². The predicted molar refractivity (Wildman–Crippen MR) is 143 cm³/mol. The Kier molecular flexibility index (Phi) is 9.26. The van der Waals surface area contributed by atoms with E-state index in [0.29, 0.717) is 41.6 Å². The lowest BCUT2D eigenvalue weighted by molar-refractivity contribution is -0.136. The second kappa shape index (κ2) is 11.6. The Balaban J connectivity index is 1.81. The molecular formula is C25H29ClFNO4S3. The third-order valence-electron chi connectivity index (χ3n) is 5.70. The lowest BCUT2D eigenvalue weighted by Gasteiger charge is -2.24. The van der Waals surface area contributed by atoms with Crippen LogP contribution in [0.25, 0.3) is 10.1 Å². The van der Waals surface area contributed by atoms with E-state index in [2.05, 4.69) is 0 Å². The first-order valence-electron chi connectivity index (χ1n) is 11.3. The number of fused-ring (bicyclic) bond motifs is 1. The van der Waals surface area contributed by atoms with Gasteiger partial charge in [0.15, 0.2) is 0 Å². The van der Waals surface area contributed by atoms with Crippen molar-refractivity contribution in [2.75, 3.05) is 13.1 Å². The third kappa shape index (κ3) is 6.57. The minimum Gasteiger partial charge on any atom is -0.481 e. The summed E-state index contributed by atoms with van der Waals surface area (Å²) in [5.74, 6) is -1.39. The van der Waals surface area contributed by atoms with E-state index in [1.165, 1.54) is 16.4 Å². The van der Waals surface area contributed by atoms with Crippen molar-refractivity contribution in [2.24, 2.45) is 0 Å². The van der Waals surface area contributed by atoms with Crippen LogP contribution in [0.1, 0.15) is 43.4 Å². The molecule has 0 aliphatic heterocycles. The van der Waals surface area contributed by atoms with Crippen LogP contribution in [0.2, 0.25) is 5.02 Å². The molecule has 0 saturated heterocycles. The van der Waals surface area contributed by atoms with Gasteiger partial charge in [-0.2, -0.15) is 4.31 Å². The number of carboxylic acids is 1. The average Bonchev–Trinajstić information content (AvgIpc) is 3.09. The predicted octanol–water partition coefficient (Wildman–Crippen LogP) is 6.91. The maximum Gasteiger partial charge on any atom is 0.303 e. The molecule has 5 nitrogen and oxygen atoms in total. The molecule has 0 radical (unpaired) electrons. The summed E-state index contributed by atoms with van der Waals surface area (Å²) in [6, 6.07) is 8.70. The van der Waals surface area contributed by atoms with Crippen LogP contribution in [0.5, 0.6) is 0 Å². The zero-order chi connectivity index (χ0) is 25.9. The summed E-state index contributed by atoms with van der Waals surface area (Å²) >= 11 is 8.62. The number of carbonyl (C=O) groups is 1. The lowest BCUT2D eigenvalue weighted by atomic mass is 10.0. The highest BCUT2D eigenvalue weighted by molar-refractivity contribution is 8.00. The van der Waals surface area contributed by atoms with Gasteiger partial charge in [-0.25, -0.2) is 12.8 Å². The van der Waals surface area contributed by atoms with Gasteiger partial charge in [0.05, 0.1) is 5.02 Å². The summed E-state index contributed by atoms with van der Waals surface area (Å²) in [5, 5.41) is 9.43. The highest BCUT2D eigenvalue weighted by Crippen LogP contribution is 2.38. The Morgan fingerprint density at radius 1 is 1.26 bits per heavy atom. The van der Waals surface area contributed by atoms with Gasteiger partial charge in [0.25, 0.3) is 10.0 Å². The molecule has 35 heavy (non-hydrogen) atoms. The maximum atomic E-state index is 14.0. The van der Waals surface area contributed by atoms with Gasteiger partial charge in [0.1, 0.15) is 10.0 Å². The molecule has 0 fully saturated rings. The highest BCUT2D eigenvalue weighted by atomic mass is 35.5. The SMILES string of the molecule is CCCN(C[C@@H](C)Sc1ccc(CCC(=O)O)c(C)c1)S(=O)(=O)c1sc2cc(Cl)c(F)cc2c1C. The third-order valence-corrected chi connectivity index (χ3v) is 10.8. The molecular weight excluding hydrogens is 529 g/mol. The summed E-state index contributed by atoms with van der Waals surface area (Å²) in [6.07, 6.45) is 1.23. The smallest absolute Gasteiger partial charge is 0.303 e. The number of hydrogen-bond donors (Lipinski definition) is 1. The molecule has 1 heterocycles. The second-order valence-corrected chi connectivity index (χ2v) is 13.7. The van der Waals surface area contributed by atoms with Gasteiger partial charge >= 0.3 is 5.97 Å². The molecule has 0 spiro atoms. The van der Waals surface area contributed by atoms with Crippen LogP contribution in [-0.2, 0) is 21.2 Å². The van der Waals surface area contributed by atoms with Crippen LogP contribution in [0.3, 0.4) is 0 Å². The molecule has 10 heteroatoms. The Bertz CT molecular complexity index is 1340. The fraction of sp³-hybridized carbons (Fsp3) is 0.400. The molecule has 3 aromatic rings. The molecule has 0 aliphatic carbocycles. The van der Waals surface area contributed by atoms with Crippen LogP contribution in [0.4, 0.5) is 4.39 Å². The van der Waals surface area contributed by atoms with Crippen molar-refractivity contribution in [1.29, 1.82) is 0 Å². The zero-order valence-electron chi connectivity index (χ0n) is 20.1. The topological polar surface area (TPSA) is 74.7 Å². The van der Waals surface area contributed by atoms with E-state index in [0.717, 1.165) is 27.4 Å². The van der Waals surface area contributed by atoms with E-state index < -0.39 is 21.8 Å². The van der Waals surface area contributed by atoms with E-state index in [1.807, 2.05) is 39.0 Å². The van der Waals surface area contributed by atoms with Gasteiger partial charge in [-0.3, -0.25) is 4.79 Å². The van der Waals surface area contributed by atoms with Crippen molar-refractivity contribution in [3.63, 3.8) is 0 Å². The van der Waals surface area contributed by atoms with E-state index in [1.54, 1.807) is 18.7 Å². The molecule has 0 unspecified atom stereocenters. The number of carboxylic acid groups (broad SMARTS) is 1. The highest BCUT2D eigenvalue weighted by Gasteiger charge is 2.30. The number of thioether (sulfide) groups is 1. The minimum atomic E-state index is -3.78. The largest absolute Gasteiger partial charge is 0.481 e. The summed E-state index contributed by atoms with van der Waals surface area (Å²) in [4.78, 5) is 11.9. The summed E-state index contributed by atoms with van der Waals surface area (Å²) < 4.78 is 43.7. The first-order valence-corrected chi connectivity index (χ1v) is 14.8. The molecule has 0 saturated carbocycles. The lowest BCUT2D eigenvalue weighted by Crippen LogP contribution is -2.36. The fourth-order valence-corrected chi connectivity index (χ4v) is 8.91. The van der Waals surface area contributed by atoms with Crippen molar-refractivity contribution in [3.8, 4) is 0 Å². The molecule has 1 atom stereocenters. The maximum absolute atomic E-state index is 14.0. The fourth-order valence-electron chi connectivity index (χ4n) is 3.93. The van der Waals surface area contributed by atoms with Gasteiger partial charge in [-0.1, -0.05) is 31.5 Å². The van der Waals surface area contributed by atoms with E-state index in [-0.39, 0.29) is 20.9 Å². The molecule has 0 amide bonds. The summed E-state index contributed by atoms with van der Waals surface area (Å²) in [6.45, 7) is 8.29. The Hall–Kier alpha value is -1.65. The Morgan fingerprint density at radius 3 is 2.60 bits per heavy atom. The first kappa shape index (κ1) is 27.9. The first-order chi connectivity index (χ1) is 16.4. The normalized spacial score (nSPS) is 13.0. The van der Waals surface area contributed by atoms with Crippen LogP contribution in [0.15, 0.2) is 39.4 Å². The van der Waals surface area contributed by atoms with Crippen molar-refractivity contribution >= 4 is 60.8 Å². The minimum absolute atomic E-state index is 0.0255. The quantitative estimate of drug-likeness (QED) is 0.259. The monoisotopic (exact) mass is 557 g/mol. The van der Waals surface area contributed by atoms with Crippen molar-refractivity contribution < 1.29 is 22.7 Å². The number of aliphatic carboxylic acids is 1. The van der Waals surface area contributed by atoms with Crippen LogP contribution < -0.4 is 0 Å². The number of sulfonamides is 1. The number of hydrogen-bond acceptors (Lipinski definition) is 5. The van der Waals surface area contributed by atoms with Gasteiger partial charge in [0.2, 0.25) is 0 Å². The number of halogens is 2. The molecule has 2 aromatic carbocycles. The molecule has 1 aromatic heterocycles. The number of thiophene rings is 1. The van der Waals surface area contributed by atoms with Crippen molar-refractivity contribution in [3.05, 3.63) is 57.9 Å². The number of nitrogens with zero attached hydrogens (tertiary/aromatic N) is 1. The van der Waals surface area contributed by atoms with Gasteiger partial charge < -0.3 is 5.11 Å². The summed E-state index contributed by atoms with van der Waals surface area (Å²) in [7, 11) is -3.78. The van der Waals surface area contributed by atoms with Gasteiger partial charge in [-0.05, 0) is 73.0 Å². The second-order valence-electron chi connectivity index (χ2n) is 8.55. The van der Waals surface area contributed by atoms with Crippen molar-refractivity contribution in [1.82, 2.24) is 4.31 Å².